The molecule has 0 spiro atoms. The number of halogens is 2. The highest BCUT2D eigenvalue weighted by Crippen LogP contribution is 2.13. The Hall–Kier alpha value is -0.870. The maximum atomic E-state index is 5.80. The van der Waals surface area contributed by atoms with Gasteiger partial charge in [0.1, 0.15) is 5.65 Å². The molecule has 0 radical (unpaired) electrons. The molecule has 0 aliphatic carbocycles. The Kier molecular flexibility index (Phi) is 11.2. The standard InChI is InChI=1S/C19H30BrN5O.HI/c1-5-21-19(22-10-9-17(14(3)4)26-6-2)23-11-16-13-25-12-15(20)7-8-18(25)24-16;/h7-8,12-14,17H,5-6,9-11H2,1-4H3,(H2,21,22,23);1H. The Morgan fingerprint density at radius 2 is 2.04 bits per heavy atom. The van der Waals surface area contributed by atoms with Gasteiger partial charge in [-0.05, 0) is 54.2 Å². The number of ether oxygens (including phenoxy) is 1. The molecule has 6 nitrogen and oxygen atoms in total. The van der Waals surface area contributed by atoms with E-state index in [1.54, 1.807) is 0 Å². The van der Waals surface area contributed by atoms with Crippen molar-refractivity contribution in [3.05, 3.63) is 34.7 Å². The van der Waals surface area contributed by atoms with Crippen molar-refractivity contribution in [3.8, 4) is 0 Å². The van der Waals surface area contributed by atoms with E-state index in [0.717, 1.165) is 47.9 Å². The maximum absolute atomic E-state index is 5.80. The van der Waals surface area contributed by atoms with Crippen LogP contribution in [-0.2, 0) is 11.3 Å². The lowest BCUT2D eigenvalue weighted by atomic mass is 10.0. The molecule has 1 atom stereocenters. The lowest BCUT2D eigenvalue weighted by Gasteiger charge is -2.21. The minimum absolute atomic E-state index is 0. The van der Waals surface area contributed by atoms with Crippen LogP contribution >= 0.6 is 39.9 Å². The molecule has 27 heavy (non-hydrogen) atoms. The molecule has 0 saturated heterocycles. The molecule has 2 rings (SSSR count). The Balaban J connectivity index is 0.00000364. The number of rotatable bonds is 9. The molecule has 0 saturated carbocycles. The Bertz CT molecular complexity index is 719. The van der Waals surface area contributed by atoms with Crippen molar-refractivity contribution in [1.82, 2.24) is 20.0 Å². The van der Waals surface area contributed by atoms with E-state index in [1.165, 1.54) is 0 Å². The zero-order valence-corrected chi connectivity index (χ0v) is 20.5. The van der Waals surface area contributed by atoms with E-state index in [4.69, 9.17) is 4.74 Å². The lowest BCUT2D eigenvalue weighted by Crippen LogP contribution is -2.39. The van der Waals surface area contributed by atoms with E-state index in [2.05, 4.69) is 57.3 Å². The van der Waals surface area contributed by atoms with E-state index in [1.807, 2.05) is 35.9 Å². The topological polar surface area (TPSA) is 63.0 Å². The minimum atomic E-state index is 0. The van der Waals surface area contributed by atoms with Gasteiger partial charge in [-0.25, -0.2) is 9.98 Å². The molecule has 0 aliphatic rings. The summed E-state index contributed by atoms with van der Waals surface area (Å²) >= 11 is 3.48. The second-order valence-corrected chi connectivity index (χ2v) is 7.41. The highest BCUT2D eigenvalue weighted by atomic mass is 127. The van der Waals surface area contributed by atoms with Crippen molar-refractivity contribution in [1.29, 1.82) is 0 Å². The molecular weight excluding hydrogens is 521 g/mol. The summed E-state index contributed by atoms with van der Waals surface area (Å²) in [7, 11) is 0. The average molecular weight is 552 g/mol. The van der Waals surface area contributed by atoms with Gasteiger partial charge in [0.2, 0.25) is 0 Å². The second-order valence-electron chi connectivity index (χ2n) is 6.49. The Morgan fingerprint density at radius 3 is 2.70 bits per heavy atom. The molecule has 0 aliphatic heterocycles. The fourth-order valence-corrected chi connectivity index (χ4v) is 3.10. The van der Waals surface area contributed by atoms with Gasteiger partial charge >= 0.3 is 0 Å². The zero-order valence-electron chi connectivity index (χ0n) is 16.5. The molecular formula is C19H31BrIN5O. The number of nitrogens with one attached hydrogen (secondary N) is 2. The lowest BCUT2D eigenvalue weighted by molar-refractivity contribution is 0.0258. The van der Waals surface area contributed by atoms with Crippen molar-refractivity contribution in [2.24, 2.45) is 10.9 Å². The number of aromatic nitrogens is 2. The van der Waals surface area contributed by atoms with Gasteiger partial charge in [-0.2, -0.15) is 0 Å². The van der Waals surface area contributed by atoms with Crippen LogP contribution in [0.2, 0.25) is 0 Å². The number of pyridine rings is 1. The van der Waals surface area contributed by atoms with E-state index in [0.29, 0.717) is 12.5 Å². The van der Waals surface area contributed by atoms with Crippen molar-refractivity contribution in [2.45, 2.75) is 46.8 Å². The predicted molar refractivity (Wildman–Crippen MR) is 126 cm³/mol. The molecule has 1 unspecified atom stereocenters. The molecule has 2 heterocycles. The molecule has 0 aromatic carbocycles. The highest BCUT2D eigenvalue weighted by Gasteiger charge is 2.13. The van der Waals surface area contributed by atoms with Crippen molar-refractivity contribution in [2.75, 3.05) is 19.7 Å². The van der Waals surface area contributed by atoms with Crippen LogP contribution in [0, 0.1) is 5.92 Å². The maximum Gasteiger partial charge on any atom is 0.191 e. The number of nitrogens with zero attached hydrogens (tertiary/aromatic N) is 3. The van der Waals surface area contributed by atoms with Crippen LogP contribution in [0.4, 0.5) is 0 Å². The first-order valence-corrected chi connectivity index (χ1v) is 10.1. The molecule has 2 aromatic heterocycles. The van der Waals surface area contributed by atoms with Gasteiger partial charge < -0.3 is 19.8 Å². The van der Waals surface area contributed by atoms with Gasteiger partial charge in [-0.3, -0.25) is 0 Å². The van der Waals surface area contributed by atoms with Crippen molar-refractivity contribution >= 4 is 51.5 Å². The van der Waals surface area contributed by atoms with Crippen LogP contribution < -0.4 is 10.6 Å². The summed E-state index contributed by atoms with van der Waals surface area (Å²) in [5, 5.41) is 6.68. The molecule has 0 amide bonds. The van der Waals surface area contributed by atoms with E-state index < -0.39 is 0 Å². The summed E-state index contributed by atoms with van der Waals surface area (Å²) in [5.74, 6) is 1.32. The van der Waals surface area contributed by atoms with Crippen LogP contribution in [0.1, 0.15) is 39.8 Å². The van der Waals surface area contributed by atoms with Crippen LogP contribution in [0.25, 0.3) is 5.65 Å². The van der Waals surface area contributed by atoms with Gasteiger partial charge in [0.25, 0.3) is 0 Å². The SMILES string of the molecule is CCNC(=NCc1cn2cc(Br)ccc2n1)NCCC(OCC)C(C)C.I. The average Bonchev–Trinajstić information content (AvgIpc) is 3.00. The quantitative estimate of drug-likeness (QED) is 0.278. The van der Waals surface area contributed by atoms with E-state index in [-0.39, 0.29) is 30.1 Å². The number of imidazole rings is 1. The molecule has 2 N–H and O–H groups in total. The Morgan fingerprint density at radius 1 is 1.26 bits per heavy atom. The van der Waals surface area contributed by atoms with Gasteiger partial charge in [0.05, 0.1) is 18.3 Å². The van der Waals surface area contributed by atoms with Gasteiger partial charge in [-0.15, -0.1) is 24.0 Å². The van der Waals surface area contributed by atoms with Gasteiger partial charge in [0.15, 0.2) is 5.96 Å². The summed E-state index contributed by atoms with van der Waals surface area (Å²) in [6.45, 7) is 11.4. The van der Waals surface area contributed by atoms with Gasteiger partial charge in [-0.1, -0.05) is 13.8 Å². The van der Waals surface area contributed by atoms with E-state index in [9.17, 15) is 0 Å². The van der Waals surface area contributed by atoms with Crippen LogP contribution in [0.15, 0.2) is 34.0 Å². The van der Waals surface area contributed by atoms with Crippen molar-refractivity contribution in [3.63, 3.8) is 0 Å². The number of hydrogen-bond acceptors (Lipinski definition) is 3. The molecule has 0 bridgehead atoms. The molecule has 0 fully saturated rings. The number of aliphatic imine (C=N–C) groups is 1. The van der Waals surface area contributed by atoms with Crippen LogP contribution in [-0.4, -0.2) is 41.1 Å². The summed E-state index contributed by atoms with van der Waals surface area (Å²) in [5.41, 5.74) is 1.86. The largest absolute Gasteiger partial charge is 0.378 e. The smallest absolute Gasteiger partial charge is 0.191 e. The third-order valence-electron chi connectivity index (χ3n) is 4.05. The van der Waals surface area contributed by atoms with E-state index >= 15 is 0 Å². The summed E-state index contributed by atoms with van der Waals surface area (Å²) < 4.78 is 8.83. The first kappa shape index (κ1) is 24.2. The van der Waals surface area contributed by atoms with Crippen molar-refractivity contribution < 1.29 is 4.74 Å². The molecule has 2 aromatic rings. The first-order chi connectivity index (χ1) is 12.5. The van der Waals surface area contributed by atoms with Crippen LogP contribution in [0.3, 0.4) is 0 Å². The third-order valence-corrected chi connectivity index (χ3v) is 4.52. The van der Waals surface area contributed by atoms with Gasteiger partial charge in [0, 0.05) is 36.6 Å². The number of fused-ring (bicyclic) bond motifs is 1. The fraction of sp³-hybridized carbons (Fsp3) is 0.579. The molecule has 152 valence electrons. The Labute approximate surface area is 187 Å². The highest BCUT2D eigenvalue weighted by molar-refractivity contribution is 14.0. The normalized spacial score (nSPS) is 12.9. The number of hydrogen-bond donors (Lipinski definition) is 2. The second kappa shape index (κ2) is 12.6. The summed E-state index contributed by atoms with van der Waals surface area (Å²) in [6, 6.07) is 3.98. The predicted octanol–water partition coefficient (Wildman–Crippen LogP) is 4.22. The third kappa shape index (κ3) is 7.95. The monoisotopic (exact) mass is 551 g/mol. The van der Waals surface area contributed by atoms with Crippen LogP contribution in [0.5, 0.6) is 0 Å². The molecule has 8 heteroatoms. The number of guanidine groups is 1. The fourth-order valence-electron chi connectivity index (χ4n) is 2.75. The summed E-state index contributed by atoms with van der Waals surface area (Å²) in [6.07, 6.45) is 5.24. The zero-order chi connectivity index (χ0) is 18.9. The first-order valence-electron chi connectivity index (χ1n) is 9.30. The summed E-state index contributed by atoms with van der Waals surface area (Å²) in [4.78, 5) is 9.26. The minimum Gasteiger partial charge on any atom is -0.378 e.